The largest absolute Gasteiger partial charge is 0.352 e. The summed E-state index contributed by atoms with van der Waals surface area (Å²) in [6, 6.07) is 20.2. The van der Waals surface area contributed by atoms with Crippen molar-refractivity contribution in [2.45, 2.75) is 25.3 Å². The summed E-state index contributed by atoms with van der Waals surface area (Å²) < 4.78 is 0. The van der Waals surface area contributed by atoms with E-state index in [2.05, 4.69) is 39.9 Å². The van der Waals surface area contributed by atoms with Gasteiger partial charge >= 0.3 is 6.03 Å². The lowest BCUT2D eigenvalue weighted by Crippen LogP contribution is -2.38. The SMILES string of the molecule is CC(NC(=O)Cc1csc(N2CCNC2=O)n1)C(c1ccccc1)c1ccccc1. The molecule has 1 unspecified atom stereocenters. The van der Waals surface area contributed by atoms with Crippen molar-refractivity contribution in [2.24, 2.45) is 0 Å². The molecule has 0 radical (unpaired) electrons. The van der Waals surface area contributed by atoms with Crippen LogP contribution in [0.4, 0.5) is 9.93 Å². The fraction of sp³-hybridized carbons (Fsp3) is 0.261. The topological polar surface area (TPSA) is 74.3 Å². The predicted octanol–water partition coefficient (Wildman–Crippen LogP) is 3.55. The molecule has 4 rings (SSSR count). The maximum absolute atomic E-state index is 12.7. The number of rotatable bonds is 7. The minimum absolute atomic E-state index is 0.0515. The molecule has 1 saturated heterocycles. The third-order valence-electron chi connectivity index (χ3n) is 5.18. The molecule has 1 aliphatic rings. The van der Waals surface area contributed by atoms with Gasteiger partial charge in [-0.15, -0.1) is 11.3 Å². The second-order valence-electron chi connectivity index (χ2n) is 7.34. The highest BCUT2D eigenvalue weighted by Gasteiger charge is 2.25. The van der Waals surface area contributed by atoms with Crippen LogP contribution in [0.5, 0.6) is 0 Å². The Labute approximate surface area is 180 Å². The summed E-state index contributed by atoms with van der Waals surface area (Å²) in [7, 11) is 0. The molecule has 7 heteroatoms. The minimum Gasteiger partial charge on any atom is -0.352 e. The van der Waals surface area contributed by atoms with Crippen molar-refractivity contribution in [3.8, 4) is 0 Å². The minimum atomic E-state index is -0.137. The number of benzene rings is 2. The summed E-state index contributed by atoms with van der Waals surface area (Å²) in [5, 5.41) is 8.38. The van der Waals surface area contributed by atoms with Gasteiger partial charge in [0.2, 0.25) is 5.91 Å². The van der Waals surface area contributed by atoms with Crippen LogP contribution in [-0.2, 0) is 11.2 Å². The number of nitrogens with one attached hydrogen (secondary N) is 2. The van der Waals surface area contributed by atoms with E-state index in [0.29, 0.717) is 23.9 Å². The van der Waals surface area contributed by atoms with Crippen LogP contribution in [0.3, 0.4) is 0 Å². The summed E-state index contributed by atoms with van der Waals surface area (Å²) in [6.45, 7) is 3.25. The second-order valence-corrected chi connectivity index (χ2v) is 8.17. The Morgan fingerprint density at radius 3 is 2.33 bits per heavy atom. The third-order valence-corrected chi connectivity index (χ3v) is 6.09. The van der Waals surface area contributed by atoms with E-state index in [1.807, 2.05) is 48.7 Å². The molecular weight excluding hydrogens is 396 g/mol. The molecule has 1 aliphatic heterocycles. The van der Waals surface area contributed by atoms with E-state index in [1.165, 1.54) is 11.3 Å². The third kappa shape index (κ3) is 4.52. The average molecular weight is 421 g/mol. The number of urea groups is 1. The van der Waals surface area contributed by atoms with Gasteiger partial charge in [0.25, 0.3) is 0 Å². The Morgan fingerprint density at radius 2 is 1.77 bits per heavy atom. The molecule has 1 atom stereocenters. The molecule has 0 spiro atoms. The molecule has 2 aromatic carbocycles. The molecule has 3 aromatic rings. The zero-order valence-corrected chi connectivity index (χ0v) is 17.6. The first-order valence-electron chi connectivity index (χ1n) is 10.0. The molecule has 1 aromatic heterocycles. The molecule has 154 valence electrons. The van der Waals surface area contributed by atoms with Gasteiger partial charge in [0.15, 0.2) is 5.13 Å². The van der Waals surface area contributed by atoms with Crippen molar-refractivity contribution >= 4 is 28.4 Å². The Morgan fingerprint density at radius 1 is 1.13 bits per heavy atom. The number of hydrogen-bond acceptors (Lipinski definition) is 4. The van der Waals surface area contributed by atoms with Crippen LogP contribution in [-0.4, -0.2) is 36.1 Å². The lowest BCUT2D eigenvalue weighted by molar-refractivity contribution is -0.121. The van der Waals surface area contributed by atoms with Gasteiger partial charge in [0.1, 0.15) is 0 Å². The first kappa shape index (κ1) is 20.1. The fourth-order valence-corrected chi connectivity index (χ4v) is 4.65. The summed E-state index contributed by atoms with van der Waals surface area (Å²) >= 11 is 1.39. The standard InChI is InChI=1S/C23H24N4O2S/c1-16(21(17-8-4-2-5-9-17)18-10-6-3-7-11-18)25-20(28)14-19-15-30-23(26-19)27-13-12-24-22(27)29/h2-11,15-16,21H,12-14H2,1H3,(H,24,29)(H,25,28). The normalized spacial score (nSPS) is 14.6. The van der Waals surface area contributed by atoms with E-state index in [1.54, 1.807) is 4.90 Å². The molecule has 0 bridgehead atoms. The molecule has 1 fully saturated rings. The van der Waals surface area contributed by atoms with Gasteiger partial charge in [0, 0.05) is 30.4 Å². The van der Waals surface area contributed by atoms with Crippen LogP contribution in [0, 0.1) is 0 Å². The number of thiazole rings is 1. The summed E-state index contributed by atoms with van der Waals surface area (Å²) in [5.41, 5.74) is 3.00. The van der Waals surface area contributed by atoms with Crippen LogP contribution in [0.1, 0.15) is 29.7 Å². The van der Waals surface area contributed by atoms with E-state index in [4.69, 9.17) is 0 Å². The summed E-state index contributed by atoms with van der Waals surface area (Å²) in [4.78, 5) is 30.6. The number of carbonyl (C=O) groups is 2. The van der Waals surface area contributed by atoms with Crippen molar-refractivity contribution in [3.63, 3.8) is 0 Å². The van der Waals surface area contributed by atoms with Crippen molar-refractivity contribution in [1.29, 1.82) is 0 Å². The van der Waals surface area contributed by atoms with Gasteiger partial charge in [-0.2, -0.15) is 0 Å². The van der Waals surface area contributed by atoms with Gasteiger partial charge in [-0.25, -0.2) is 9.78 Å². The fourth-order valence-electron chi connectivity index (χ4n) is 3.80. The smallest absolute Gasteiger partial charge is 0.323 e. The molecule has 2 N–H and O–H groups in total. The number of aromatic nitrogens is 1. The Balaban J connectivity index is 1.45. The highest BCUT2D eigenvalue weighted by molar-refractivity contribution is 7.14. The lowest BCUT2D eigenvalue weighted by atomic mass is 9.86. The van der Waals surface area contributed by atoms with E-state index < -0.39 is 0 Å². The monoisotopic (exact) mass is 420 g/mol. The molecule has 3 amide bonds. The van der Waals surface area contributed by atoms with Crippen molar-refractivity contribution in [3.05, 3.63) is 82.9 Å². The number of anilines is 1. The number of hydrogen-bond donors (Lipinski definition) is 2. The van der Waals surface area contributed by atoms with Crippen LogP contribution in [0.2, 0.25) is 0 Å². The lowest BCUT2D eigenvalue weighted by Gasteiger charge is -2.26. The number of carbonyl (C=O) groups excluding carboxylic acids is 2. The first-order valence-corrected chi connectivity index (χ1v) is 10.9. The van der Waals surface area contributed by atoms with Crippen LogP contribution < -0.4 is 15.5 Å². The van der Waals surface area contributed by atoms with Crippen LogP contribution in [0.25, 0.3) is 0 Å². The molecule has 0 saturated carbocycles. The Hall–Kier alpha value is -3.19. The molecule has 30 heavy (non-hydrogen) atoms. The zero-order chi connectivity index (χ0) is 20.9. The number of nitrogens with zero attached hydrogens (tertiary/aromatic N) is 2. The van der Waals surface area contributed by atoms with E-state index >= 15 is 0 Å². The van der Waals surface area contributed by atoms with Crippen LogP contribution in [0.15, 0.2) is 66.0 Å². The second kappa shape index (κ2) is 9.09. The van der Waals surface area contributed by atoms with Gasteiger partial charge in [-0.05, 0) is 18.1 Å². The number of amides is 3. The van der Waals surface area contributed by atoms with Gasteiger partial charge in [0.05, 0.1) is 12.1 Å². The van der Waals surface area contributed by atoms with Gasteiger partial charge < -0.3 is 10.6 Å². The molecule has 6 nitrogen and oxygen atoms in total. The van der Waals surface area contributed by atoms with Crippen molar-refractivity contribution in [1.82, 2.24) is 15.6 Å². The first-order chi connectivity index (χ1) is 14.6. The highest BCUT2D eigenvalue weighted by Crippen LogP contribution is 2.28. The summed E-state index contributed by atoms with van der Waals surface area (Å²) in [5.74, 6) is -0.0299. The zero-order valence-electron chi connectivity index (χ0n) is 16.7. The van der Waals surface area contributed by atoms with E-state index in [-0.39, 0.29) is 30.3 Å². The van der Waals surface area contributed by atoms with Crippen molar-refractivity contribution in [2.75, 3.05) is 18.0 Å². The maximum atomic E-state index is 12.7. The highest BCUT2D eigenvalue weighted by atomic mass is 32.1. The Bertz CT molecular complexity index is 967. The molecule has 2 heterocycles. The molecular formula is C23H24N4O2S. The molecule has 0 aliphatic carbocycles. The van der Waals surface area contributed by atoms with Crippen LogP contribution >= 0.6 is 11.3 Å². The summed E-state index contributed by atoms with van der Waals surface area (Å²) in [6.07, 6.45) is 0.187. The quantitative estimate of drug-likeness (QED) is 0.614. The van der Waals surface area contributed by atoms with Gasteiger partial charge in [-0.3, -0.25) is 9.69 Å². The van der Waals surface area contributed by atoms with Crippen molar-refractivity contribution < 1.29 is 9.59 Å². The Kier molecular flexibility index (Phi) is 6.09. The van der Waals surface area contributed by atoms with Gasteiger partial charge in [-0.1, -0.05) is 60.7 Å². The maximum Gasteiger partial charge on any atom is 0.323 e. The predicted molar refractivity (Wildman–Crippen MR) is 119 cm³/mol. The van der Waals surface area contributed by atoms with E-state index in [0.717, 1.165) is 11.1 Å². The van der Waals surface area contributed by atoms with E-state index in [9.17, 15) is 9.59 Å². The average Bonchev–Trinajstić information content (AvgIpc) is 3.38.